The maximum Gasteiger partial charge on any atom is 0.274 e. The summed E-state index contributed by atoms with van der Waals surface area (Å²) in [6.45, 7) is 1.24. The zero-order chi connectivity index (χ0) is 21.5. The standard InChI is InChI=1S/C24H26N4O3/c1-26-14-20(25-15-26)24(30)27-12-17-11-18(13-27)22(28-21(17)7-4-8-23(28)29)10-16-5-3-6-19(9-16)31-2/h3-9,14-15,17-18,22H,10-13H2,1-2H3/t17-,18+,22+/m1/s1. The van der Waals surface area contributed by atoms with Gasteiger partial charge in [0.1, 0.15) is 11.4 Å². The summed E-state index contributed by atoms with van der Waals surface area (Å²) in [6, 6.07) is 13.5. The maximum atomic E-state index is 13.1. The van der Waals surface area contributed by atoms with Crippen LogP contribution in [0.2, 0.25) is 0 Å². The Balaban J connectivity index is 1.51. The highest BCUT2D eigenvalue weighted by Crippen LogP contribution is 2.42. The van der Waals surface area contributed by atoms with Crippen molar-refractivity contribution in [3.05, 3.63) is 82.3 Å². The molecule has 3 aromatic rings. The van der Waals surface area contributed by atoms with Crippen molar-refractivity contribution >= 4 is 5.91 Å². The summed E-state index contributed by atoms with van der Waals surface area (Å²) < 4.78 is 9.15. The first kappa shape index (κ1) is 19.6. The zero-order valence-electron chi connectivity index (χ0n) is 17.8. The number of ether oxygens (including phenoxy) is 1. The highest BCUT2D eigenvalue weighted by atomic mass is 16.5. The topological polar surface area (TPSA) is 69.4 Å². The summed E-state index contributed by atoms with van der Waals surface area (Å²) >= 11 is 0. The Bertz CT molecular complexity index is 1180. The molecule has 0 N–H and O–H groups in total. The smallest absolute Gasteiger partial charge is 0.274 e. The summed E-state index contributed by atoms with van der Waals surface area (Å²) in [5, 5.41) is 0. The first-order chi connectivity index (χ1) is 15.0. The number of likely N-dealkylation sites (tertiary alicyclic amines) is 1. The van der Waals surface area contributed by atoms with Crippen LogP contribution >= 0.6 is 0 Å². The Labute approximate surface area is 180 Å². The fraction of sp³-hybridized carbons (Fsp3) is 0.375. The van der Waals surface area contributed by atoms with E-state index in [1.54, 1.807) is 30.3 Å². The molecule has 2 aliphatic heterocycles. The number of benzene rings is 1. The molecular weight excluding hydrogens is 392 g/mol. The first-order valence-electron chi connectivity index (χ1n) is 10.6. The van der Waals surface area contributed by atoms with Gasteiger partial charge in [0.05, 0.1) is 13.4 Å². The molecule has 5 rings (SSSR count). The predicted octanol–water partition coefficient (Wildman–Crippen LogP) is 2.63. The minimum Gasteiger partial charge on any atom is -0.497 e. The van der Waals surface area contributed by atoms with E-state index in [1.807, 2.05) is 46.8 Å². The van der Waals surface area contributed by atoms with Crippen molar-refractivity contribution < 1.29 is 9.53 Å². The van der Waals surface area contributed by atoms with Crippen molar-refractivity contribution in [2.45, 2.75) is 24.8 Å². The van der Waals surface area contributed by atoms with Gasteiger partial charge in [-0.2, -0.15) is 0 Å². The third-order valence-corrected chi connectivity index (χ3v) is 6.59. The molecule has 0 spiro atoms. The Kier molecular flexibility index (Phi) is 4.88. The number of carbonyl (C=O) groups is 1. The van der Waals surface area contributed by atoms with Crippen LogP contribution in [-0.4, -0.2) is 45.1 Å². The molecule has 2 aliphatic rings. The van der Waals surface area contributed by atoms with E-state index < -0.39 is 0 Å². The van der Waals surface area contributed by atoms with Gasteiger partial charge in [0.25, 0.3) is 11.5 Å². The molecule has 7 heteroatoms. The van der Waals surface area contributed by atoms with Crippen LogP contribution < -0.4 is 10.3 Å². The number of amides is 1. The number of rotatable bonds is 4. The van der Waals surface area contributed by atoms with E-state index in [9.17, 15) is 9.59 Å². The lowest BCUT2D eigenvalue weighted by Gasteiger charge is -2.47. The summed E-state index contributed by atoms with van der Waals surface area (Å²) in [6.07, 6.45) is 5.11. The lowest BCUT2D eigenvalue weighted by atomic mass is 9.76. The van der Waals surface area contributed by atoms with Crippen molar-refractivity contribution in [3.63, 3.8) is 0 Å². The summed E-state index contributed by atoms with van der Waals surface area (Å²) in [4.78, 5) is 32.2. The van der Waals surface area contributed by atoms with E-state index in [1.165, 1.54) is 0 Å². The average molecular weight is 418 g/mol. The van der Waals surface area contributed by atoms with Crippen molar-refractivity contribution in [2.75, 3.05) is 20.2 Å². The Morgan fingerprint density at radius 3 is 2.81 bits per heavy atom. The van der Waals surface area contributed by atoms with Crippen LogP contribution in [0.4, 0.5) is 0 Å². The lowest BCUT2D eigenvalue weighted by molar-refractivity contribution is 0.0523. The van der Waals surface area contributed by atoms with Gasteiger partial charge in [-0.25, -0.2) is 4.98 Å². The molecule has 0 saturated carbocycles. The van der Waals surface area contributed by atoms with Gasteiger partial charge >= 0.3 is 0 Å². The molecule has 7 nitrogen and oxygen atoms in total. The number of pyridine rings is 1. The molecule has 0 radical (unpaired) electrons. The van der Waals surface area contributed by atoms with Crippen molar-refractivity contribution in [2.24, 2.45) is 13.0 Å². The van der Waals surface area contributed by atoms with Gasteiger partial charge in [0.2, 0.25) is 0 Å². The molecule has 0 unspecified atom stereocenters. The average Bonchev–Trinajstić information content (AvgIpc) is 3.22. The molecule has 0 aliphatic carbocycles. The third kappa shape index (κ3) is 3.54. The van der Waals surface area contributed by atoms with Gasteiger partial charge in [-0.05, 0) is 42.5 Å². The number of aryl methyl sites for hydroxylation is 1. The van der Waals surface area contributed by atoms with Crippen LogP contribution in [0.15, 0.2) is 59.8 Å². The quantitative estimate of drug-likeness (QED) is 0.653. The van der Waals surface area contributed by atoms with E-state index in [0.717, 1.165) is 29.8 Å². The molecule has 1 amide bonds. The second kappa shape index (κ2) is 7.72. The molecule has 160 valence electrons. The maximum absolute atomic E-state index is 13.1. The number of aromatic nitrogens is 3. The Morgan fingerprint density at radius 2 is 2.03 bits per heavy atom. The van der Waals surface area contributed by atoms with Crippen LogP contribution in [0, 0.1) is 5.92 Å². The molecule has 1 aromatic carbocycles. The van der Waals surface area contributed by atoms with E-state index in [-0.39, 0.29) is 29.3 Å². The largest absolute Gasteiger partial charge is 0.497 e. The van der Waals surface area contributed by atoms with Gasteiger partial charge in [-0.1, -0.05) is 18.2 Å². The Morgan fingerprint density at radius 1 is 1.19 bits per heavy atom. The molecule has 3 atom stereocenters. The number of hydrogen-bond acceptors (Lipinski definition) is 4. The SMILES string of the molecule is COc1cccc(C[C@H]2[C@H]3C[C@H](CN(C(=O)c4cn(C)cn4)C3)c3cccc(=O)n32)c1. The van der Waals surface area contributed by atoms with Gasteiger partial charge < -0.3 is 18.8 Å². The molecule has 2 bridgehead atoms. The monoisotopic (exact) mass is 418 g/mol. The van der Waals surface area contributed by atoms with E-state index >= 15 is 0 Å². The predicted molar refractivity (Wildman–Crippen MR) is 116 cm³/mol. The van der Waals surface area contributed by atoms with Crippen molar-refractivity contribution in [1.29, 1.82) is 0 Å². The highest BCUT2D eigenvalue weighted by molar-refractivity contribution is 5.92. The number of nitrogens with zero attached hydrogens (tertiary/aromatic N) is 4. The van der Waals surface area contributed by atoms with Gasteiger partial charge in [0.15, 0.2) is 0 Å². The fourth-order valence-corrected chi connectivity index (χ4v) is 5.20. The Hall–Kier alpha value is -3.35. The van der Waals surface area contributed by atoms with Gasteiger partial charge in [0, 0.05) is 50.1 Å². The summed E-state index contributed by atoms with van der Waals surface area (Å²) in [5.74, 6) is 1.12. The highest BCUT2D eigenvalue weighted by Gasteiger charge is 2.42. The van der Waals surface area contributed by atoms with Crippen LogP contribution in [-0.2, 0) is 13.5 Å². The fourth-order valence-electron chi connectivity index (χ4n) is 5.20. The second-order valence-corrected chi connectivity index (χ2v) is 8.61. The molecule has 1 saturated heterocycles. The number of piperidine rings is 1. The number of carbonyl (C=O) groups excluding carboxylic acids is 1. The normalized spacial score (nSPS) is 22.1. The van der Waals surface area contributed by atoms with Crippen LogP contribution in [0.3, 0.4) is 0 Å². The molecule has 2 aromatic heterocycles. The van der Waals surface area contributed by atoms with Crippen LogP contribution in [0.25, 0.3) is 0 Å². The number of imidazole rings is 1. The summed E-state index contributed by atoms with van der Waals surface area (Å²) in [7, 11) is 3.52. The number of methoxy groups -OCH3 is 1. The lowest BCUT2D eigenvalue weighted by Crippen LogP contribution is -2.51. The molecule has 31 heavy (non-hydrogen) atoms. The van der Waals surface area contributed by atoms with Crippen molar-refractivity contribution in [1.82, 2.24) is 19.0 Å². The van der Waals surface area contributed by atoms with Crippen molar-refractivity contribution in [3.8, 4) is 5.75 Å². The first-order valence-corrected chi connectivity index (χ1v) is 10.6. The molecular formula is C24H26N4O3. The third-order valence-electron chi connectivity index (χ3n) is 6.59. The second-order valence-electron chi connectivity index (χ2n) is 8.61. The minimum absolute atomic E-state index is 0.00797. The van der Waals surface area contributed by atoms with Gasteiger partial charge in [-0.15, -0.1) is 0 Å². The van der Waals surface area contributed by atoms with Gasteiger partial charge in [-0.3, -0.25) is 9.59 Å². The van der Waals surface area contributed by atoms with Crippen LogP contribution in [0.1, 0.15) is 40.1 Å². The van der Waals surface area contributed by atoms with Crippen LogP contribution in [0.5, 0.6) is 5.75 Å². The minimum atomic E-state index is -0.0397. The van der Waals surface area contributed by atoms with E-state index in [0.29, 0.717) is 18.8 Å². The zero-order valence-corrected chi connectivity index (χ0v) is 17.8. The van der Waals surface area contributed by atoms with E-state index in [4.69, 9.17) is 4.74 Å². The molecule has 4 heterocycles. The number of fused-ring (bicyclic) bond motifs is 4. The number of hydrogen-bond donors (Lipinski definition) is 0. The van der Waals surface area contributed by atoms with E-state index in [2.05, 4.69) is 11.1 Å². The molecule has 1 fully saturated rings. The summed E-state index contributed by atoms with van der Waals surface area (Å²) in [5.41, 5.74) is 2.65.